The maximum atomic E-state index is 12.4. The number of likely N-dealkylation sites (tertiary alicyclic amines) is 1. The van der Waals surface area contributed by atoms with Crippen molar-refractivity contribution in [3.8, 4) is 0 Å². The highest BCUT2D eigenvalue weighted by atomic mass is 16.2. The summed E-state index contributed by atoms with van der Waals surface area (Å²) in [5.74, 6) is 0.290. The maximum absolute atomic E-state index is 12.4. The van der Waals surface area contributed by atoms with Gasteiger partial charge in [-0.15, -0.1) is 0 Å². The number of carbonyl (C=O) groups is 1. The third-order valence-corrected chi connectivity index (χ3v) is 4.36. The van der Waals surface area contributed by atoms with Gasteiger partial charge in [-0.25, -0.2) is 4.98 Å². The Bertz CT molecular complexity index is 753. The number of carbonyl (C=O) groups excluding carboxylic acids is 1. The molecule has 2 unspecified atom stereocenters. The summed E-state index contributed by atoms with van der Waals surface area (Å²) < 4.78 is 1.38. The first-order valence-corrected chi connectivity index (χ1v) is 7.54. The third-order valence-electron chi connectivity index (χ3n) is 4.36. The van der Waals surface area contributed by atoms with Crippen molar-refractivity contribution in [3.05, 3.63) is 40.9 Å². The van der Waals surface area contributed by atoms with Crippen LogP contribution < -0.4 is 11.3 Å². The van der Waals surface area contributed by atoms with E-state index in [1.807, 2.05) is 13.0 Å². The van der Waals surface area contributed by atoms with Gasteiger partial charge in [-0.3, -0.25) is 14.2 Å². The van der Waals surface area contributed by atoms with E-state index in [1.165, 1.54) is 10.9 Å². The molecule has 0 aliphatic carbocycles. The molecule has 1 aromatic carbocycles. The molecule has 2 atom stereocenters. The van der Waals surface area contributed by atoms with E-state index in [0.717, 1.165) is 6.42 Å². The SMILES string of the molecule is CC(N)C1CCN(C(=O)Cn2cnc3ccccc3c2=O)C1. The number of aromatic nitrogens is 2. The van der Waals surface area contributed by atoms with Crippen LogP contribution in [0.15, 0.2) is 35.4 Å². The van der Waals surface area contributed by atoms with Gasteiger partial charge in [-0.2, -0.15) is 0 Å². The van der Waals surface area contributed by atoms with Crippen LogP contribution in [-0.4, -0.2) is 39.5 Å². The minimum absolute atomic E-state index is 0.0301. The van der Waals surface area contributed by atoms with Gasteiger partial charge in [0.05, 0.1) is 17.2 Å². The molecule has 1 aliphatic heterocycles. The molecule has 1 saturated heterocycles. The summed E-state index contributed by atoms with van der Waals surface area (Å²) in [6.07, 6.45) is 2.37. The standard InChI is InChI=1S/C16H20N4O2/c1-11(17)12-6-7-19(8-12)15(21)9-20-10-18-14-5-3-2-4-13(14)16(20)22/h2-5,10-12H,6-9,17H2,1H3. The average Bonchev–Trinajstić information content (AvgIpc) is 3.00. The number of fused-ring (bicyclic) bond motifs is 1. The van der Waals surface area contributed by atoms with Gasteiger partial charge in [0.2, 0.25) is 5.91 Å². The number of benzene rings is 1. The minimum atomic E-state index is -0.179. The smallest absolute Gasteiger partial charge is 0.261 e. The van der Waals surface area contributed by atoms with Crippen LogP contribution in [0, 0.1) is 5.92 Å². The zero-order valence-corrected chi connectivity index (χ0v) is 12.6. The Labute approximate surface area is 128 Å². The van der Waals surface area contributed by atoms with Crippen molar-refractivity contribution < 1.29 is 4.79 Å². The largest absolute Gasteiger partial charge is 0.341 e. The second kappa shape index (κ2) is 5.88. The summed E-state index contributed by atoms with van der Waals surface area (Å²) in [5, 5.41) is 0.535. The van der Waals surface area contributed by atoms with E-state index >= 15 is 0 Å². The van der Waals surface area contributed by atoms with E-state index in [2.05, 4.69) is 4.98 Å². The summed E-state index contributed by atoms with van der Waals surface area (Å²) in [7, 11) is 0. The van der Waals surface area contributed by atoms with Crippen molar-refractivity contribution in [1.29, 1.82) is 0 Å². The summed E-state index contributed by atoms with van der Waals surface area (Å²) in [6.45, 7) is 3.38. The first-order valence-electron chi connectivity index (χ1n) is 7.54. The Morgan fingerprint density at radius 2 is 2.23 bits per heavy atom. The van der Waals surface area contributed by atoms with E-state index in [-0.39, 0.29) is 24.1 Å². The predicted octanol–water partition coefficient (Wildman–Crippen LogP) is 0.592. The number of nitrogens with two attached hydrogens (primary N) is 1. The van der Waals surface area contributed by atoms with Gasteiger partial charge in [-0.1, -0.05) is 12.1 Å². The van der Waals surface area contributed by atoms with Crippen LogP contribution in [0.4, 0.5) is 0 Å². The van der Waals surface area contributed by atoms with Crippen LogP contribution >= 0.6 is 0 Å². The predicted molar refractivity (Wildman–Crippen MR) is 84.3 cm³/mol. The second-order valence-electron chi connectivity index (χ2n) is 5.94. The summed E-state index contributed by atoms with van der Waals surface area (Å²) in [5.41, 5.74) is 6.36. The molecule has 1 fully saturated rings. The maximum Gasteiger partial charge on any atom is 0.261 e. The van der Waals surface area contributed by atoms with Crippen LogP contribution in [0.25, 0.3) is 10.9 Å². The minimum Gasteiger partial charge on any atom is -0.341 e. The van der Waals surface area contributed by atoms with Crippen molar-refractivity contribution in [2.24, 2.45) is 11.7 Å². The first-order chi connectivity index (χ1) is 10.6. The fourth-order valence-electron chi connectivity index (χ4n) is 2.91. The molecule has 1 aromatic heterocycles. The molecule has 116 valence electrons. The number of rotatable bonds is 3. The molecule has 6 heteroatoms. The average molecular weight is 300 g/mol. The Hall–Kier alpha value is -2.21. The van der Waals surface area contributed by atoms with Gasteiger partial charge < -0.3 is 10.6 Å². The molecule has 2 N–H and O–H groups in total. The second-order valence-corrected chi connectivity index (χ2v) is 5.94. The lowest BCUT2D eigenvalue weighted by atomic mass is 10.0. The highest BCUT2D eigenvalue weighted by Gasteiger charge is 2.28. The number of amides is 1. The highest BCUT2D eigenvalue weighted by Crippen LogP contribution is 2.18. The summed E-state index contributed by atoms with van der Waals surface area (Å²) in [4.78, 5) is 30.8. The quantitative estimate of drug-likeness (QED) is 0.899. The molecule has 6 nitrogen and oxygen atoms in total. The summed E-state index contributed by atoms with van der Waals surface area (Å²) in [6, 6.07) is 7.24. The lowest BCUT2D eigenvalue weighted by Crippen LogP contribution is -2.36. The van der Waals surface area contributed by atoms with Gasteiger partial charge in [0.15, 0.2) is 0 Å². The van der Waals surface area contributed by atoms with E-state index < -0.39 is 0 Å². The molecule has 0 bridgehead atoms. The lowest BCUT2D eigenvalue weighted by molar-refractivity contribution is -0.131. The van der Waals surface area contributed by atoms with E-state index in [0.29, 0.717) is 29.9 Å². The zero-order valence-electron chi connectivity index (χ0n) is 12.6. The number of hydrogen-bond donors (Lipinski definition) is 1. The van der Waals surface area contributed by atoms with Gasteiger partial charge in [0, 0.05) is 19.1 Å². The molecular weight excluding hydrogens is 280 g/mol. The topological polar surface area (TPSA) is 81.2 Å². The Morgan fingerprint density at radius 3 is 2.95 bits per heavy atom. The summed E-state index contributed by atoms with van der Waals surface area (Å²) >= 11 is 0. The molecule has 2 aromatic rings. The van der Waals surface area contributed by atoms with Crippen LogP contribution in [0.1, 0.15) is 13.3 Å². The van der Waals surface area contributed by atoms with Gasteiger partial charge >= 0.3 is 0 Å². The number of para-hydroxylation sites is 1. The number of hydrogen-bond acceptors (Lipinski definition) is 4. The van der Waals surface area contributed by atoms with E-state index in [9.17, 15) is 9.59 Å². The normalized spacial score (nSPS) is 19.5. The lowest BCUT2D eigenvalue weighted by Gasteiger charge is -2.18. The molecule has 2 heterocycles. The molecular formula is C16H20N4O2. The monoisotopic (exact) mass is 300 g/mol. The van der Waals surface area contributed by atoms with Crippen molar-refractivity contribution in [2.75, 3.05) is 13.1 Å². The van der Waals surface area contributed by atoms with E-state index in [4.69, 9.17) is 5.73 Å². The molecule has 3 rings (SSSR count). The van der Waals surface area contributed by atoms with Crippen LogP contribution in [0.5, 0.6) is 0 Å². The zero-order chi connectivity index (χ0) is 15.7. The van der Waals surface area contributed by atoms with Crippen LogP contribution in [0.2, 0.25) is 0 Å². The fraction of sp³-hybridized carbons (Fsp3) is 0.438. The Balaban J connectivity index is 1.78. The molecule has 0 saturated carbocycles. The van der Waals surface area contributed by atoms with Crippen molar-refractivity contribution in [1.82, 2.24) is 14.5 Å². The van der Waals surface area contributed by atoms with Crippen molar-refractivity contribution >= 4 is 16.8 Å². The van der Waals surface area contributed by atoms with Gasteiger partial charge in [0.25, 0.3) is 5.56 Å². The molecule has 1 amide bonds. The third kappa shape index (κ3) is 2.74. The van der Waals surface area contributed by atoms with Gasteiger partial charge in [-0.05, 0) is 31.4 Å². The van der Waals surface area contributed by atoms with Crippen molar-refractivity contribution in [3.63, 3.8) is 0 Å². The molecule has 22 heavy (non-hydrogen) atoms. The van der Waals surface area contributed by atoms with Crippen molar-refractivity contribution in [2.45, 2.75) is 25.9 Å². The first kappa shape index (κ1) is 14.7. The number of nitrogens with zero attached hydrogens (tertiary/aromatic N) is 3. The molecule has 0 radical (unpaired) electrons. The van der Waals surface area contributed by atoms with Crippen LogP contribution in [-0.2, 0) is 11.3 Å². The Morgan fingerprint density at radius 1 is 1.45 bits per heavy atom. The molecule has 1 aliphatic rings. The fourth-order valence-corrected chi connectivity index (χ4v) is 2.91. The Kier molecular flexibility index (Phi) is 3.94. The van der Waals surface area contributed by atoms with E-state index in [1.54, 1.807) is 23.1 Å². The molecule has 0 spiro atoms. The van der Waals surface area contributed by atoms with Crippen LogP contribution in [0.3, 0.4) is 0 Å². The van der Waals surface area contributed by atoms with Gasteiger partial charge in [0.1, 0.15) is 6.54 Å². The highest BCUT2D eigenvalue weighted by molar-refractivity contribution is 5.79.